The van der Waals surface area contributed by atoms with Crippen LogP contribution in [0.15, 0.2) is 5.57 Å². The first-order chi connectivity index (χ1) is 8.69. The molecular formula is C14H18Na2O4. The van der Waals surface area contributed by atoms with Gasteiger partial charge >= 0.3 is 65.3 Å². The van der Waals surface area contributed by atoms with Crippen molar-refractivity contribution in [1.29, 1.82) is 0 Å². The van der Waals surface area contributed by atoms with Crippen LogP contribution in [0, 0.1) is 17.9 Å². The normalized spacial score (nSPS) is 19.1. The average Bonchev–Trinajstić information content (AvgIpc) is 3.00. The Hall–Kier alpha value is 0.590. The van der Waals surface area contributed by atoms with Crippen LogP contribution in [0.25, 0.3) is 0 Å². The van der Waals surface area contributed by atoms with E-state index in [-0.39, 0.29) is 71.2 Å². The van der Waals surface area contributed by atoms with Crippen molar-refractivity contribution < 1.29 is 78.6 Å². The van der Waals surface area contributed by atoms with Crippen molar-refractivity contribution in [3.8, 4) is 0 Å². The van der Waals surface area contributed by atoms with Crippen LogP contribution in [0.4, 0.5) is 0 Å². The summed E-state index contributed by atoms with van der Waals surface area (Å²) in [5.74, 6) is -0.358. The summed E-state index contributed by atoms with van der Waals surface area (Å²) >= 11 is 0. The quantitative estimate of drug-likeness (QED) is 0.298. The van der Waals surface area contributed by atoms with Crippen molar-refractivity contribution >= 4 is 12.1 Å². The maximum absolute atomic E-state index is 11.1. The number of carboxylic acids is 1. The van der Waals surface area contributed by atoms with Gasteiger partial charge in [0.1, 0.15) is 0 Å². The van der Waals surface area contributed by atoms with E-state index >= 15 is 0 Å². The second-order valence-electron chi connectivity index (χ2n) is 4.89. The van der Waals surface area contributed by atoms with Gasteiger partial charge in [-0.3, -0.25) is 6.08 Å². The fourth-order valence-electron chi connectivity index (χ4n) is 2.85. The summed E-state index contributed by atoms with van der Waals surface area (Å²) in [6, 6.07) is 0. The van der Waals surface area contributed by atoms with Gasteiger partial charge in [-0.1, -0.05) is 44.4 Å². The van der Waals surface area contributed by atoms with Gasteiger partial charge in [0.25, 0.3) is 0 Å². The number of rotatable bonds is 3. The third kappa shape index (κ3) is 8.14. The molecule has 0 aromatic heterocycles. The van der Waals surface area contributed by atoms with Crippen molar-refractivity contribution in [2.75, 3.05) is 0 Å². The molecule has 0 heterocycles. The molecule has 2 aliphatic carbocycles. The molecule has 2 rings (SSSR count). The van der Waals surface area contributed by atoms with E-state index in [0.717, 1.165) is 38.5 Å². The molecular weight excluding hydrogens is 278 g/mol. The number of hydrogen-bond acceptors (Lipinski definition) is 4. The Kier molecular flexibility index (Phi) is 15.2. The zero-order valence-electron chi connectivity index (χ0n) is 12.4. The minimum Gasteiger partial charge on any atom is -0.658 e. The summed E-state index contributed by atoms with van der Waals surface area (Å²) in [7, 11) is 0. The van der Waals surface area contributed by atoms with Crippen molar-refractivity contribution in [2.24, 2.45) is 11.8 Å². The van der Waals surface area contributed by atoms with Gasteiger partial charge in [0.2, 0.25) is 0 Å². The molecule has 2 fully saturated rings. The standard InChI is InChI=1S/C13H19O2.CO2.2Na/c14-13(15)12(11-7-3-4-8-11)9-10-5-1-2-6-10;2-1-3;;/h10-11H,1-8H2,(H,14,15);;;/q-1;;2*+1/p-1. The minimum atomic E-state index is -0.978. The van der Waals surface area contributed by atoms with Crippen molar-refractivity contribution in [3.05, 3.63) is 11.6 Å². The van der Waals surface area contributed by atoms with Gasteiger partial charge in [0.05, 0.1) is 0 Å². The van der Waals surface area contributed by atoms with Crippen LogP contribution in [0.5, 0.6) is 0 Å². The predicted molar refractivity (Wildman–Crippen MR) is 60.7 cm³/mol. The van der Waals surface area contributed by atoms with E-state index in [1.165, 1.54) is 12.8 Å². The monoisotopic (exact) mass is 296 g/mol. The first-order valence-electron chi connectivity index (χ1n) is 6.53. The summed E-state index contributed by atoms with van der Waals surface area (Å²) < 4.78 is 0. The number of carbonyl (C=O) groups is 1. The van der Waals surface area contributed by atoms with E-state index in [9.17, 15) is 9.90 Å². The molecule has 20 heavy (non-hydrogen) atoms. The van der Waals surface area contributed by atoms with Crippen molar-refractivity contribution in [3.63, 3.8) is 0 Å². The molecule has 2 aliphatic rings. The third-order valence-electron chi connectivity index (χ3n) is 3.70. The molecule has 0 amide bonds. The largest absolute Gasteiger partial charge is 1.00 e. The van der Waals surface area contributed by atoms with Gasteiger partial charge in [-0.05, 0) is 18.8 Å². The summed E-state index contributed by atoms with van der Waals surface area (Å²) in [6.07, 6.45) is 12.5. The van der Waals surface area contributed by atoms with Crippen molar-refractivity contribution in [2.45, 2.75) is 51.4 Å². The first kappa shape index (κ1) is 22.9. The second-order valence-corrected chi connectivity index (χ2v) is 4.89. The molecule has 0 aromatic rings. The van der Waals surface area contributed by atoms with Gasteiger partial charge in [-0.25, -0.2) is 0 Å². The Balaban J connectivity index is 0. The van der Waals surface area contributed by atoms with E-state index < -0.39 is 5.97 Å². The molecule has 0 N–H and O–H groups in total. The Morgan fingerprint density at radius 2 is 1.35 bits per heavy atom. The zero-order chi connectivity index (χ0) is 13.4. The molecule has 0 radical (unpaired) electrons. The van der Waals surface area contributed by atoms with Crippen LogP contribution in [0.1, 0.15) is 51.4 Å². The van der Waals surface area contributed by atoms with Crippen molar-refractivity contribution in [1.82, 2.24) is 0 Å². The minimum absolute atomic E-state index is 0. The number of carbonyl (C=O) groups excluding carboxylic acids is 3. The number of allylic oxidation sites excluding steroid dienone is 1. The Morgan fingerprint density at radius 1 is 0.950 bits per heavy atom. The van der Waals surface area contributed by atoms with Crippen LogP contribution in [-0.2, 0) is 14.4 Å². The molecule has 0 aromatic carbocycles. The fourth-order valence-corrected chi connectivity index (χ4v) is 2.85. The maximum atomic E-state index is 11.1. The Morgan fingerprint density at radius 3 is 1.75 bits per heavy atom. The van der Waals surface area contributed by atoms with Crippen LogP contribution in [0.3, 0.4) is 0 Å². The molecule has 100 valence electrons. The van der Waals surface area contributed by atoms with Crippen LogP contribution >= 0.6 is 0 Å². The Labute approximate surface area is 164 Å². The van der Waals surface area contributed by atoms with Crippen LogP contribution in [-0.4, -0.2) is 12.1 Å². The number of hydrogen-bond donors (Lipinski definition) is 0. The SMILES string of the molecule is O=C([O-])C(=[C-]C1CCCC1)C1CCCC1.O=C=O.[Na+].[Na+]. The molecule has 0 bridgehead atoms. The molecule has 0 unspecified atom stereocenters. The fraction of sp³-hybridized carbons (Fsp3) is 0.714. The van der Waals surface area contributed by atoms with Crippen LogP contribution < -0.4 is 64.2 Å². The van der Waals surface area contributed by atoms with E-state index in [2.05, 4.69) is 6.08 Å². The second kappa shape index (κ2) is 13.3. The molecule has 0 aliphatic heterocycles. The molecule has 0 saturated heterocycles. The third-order valence-corrected chi connectivity index (χ3v) is 3.70. The number of carboxylic acid groups (broad SMARTS) is 1. The van der Waals surface area contributed by atoms with E-state index in [4.69, 9.17) is 9.59 Å². The summed E-state index contributed by atoms with van der Waals surface area (Å²) in [6.45, 7) is 0. The van der Waals surface area contributed by atoms with Gasteiger partial charge in [0.15, 0.2) is 0 Å². The maximum Gasteiger partial charge on any atom is 1.00 e. The zero-order valence-corrected chi connectivity index (χ0v) is 16.4. The number of aliphatic carboxylic acids is 1. The van der Waals surface area contributed by atoms with Gasteiger partial charge in [-0.15, -0.1) is 5.97 Å². The summed E-state index contributed by atoms with van der Waals surface area (Å²) in [4.78, 5) is 27.3. The van der Waals surface area contributed by atoms with E-state index in [0.29, 0.717) is 11.5 Å². The molecule has 6 heteroatoms. The smallest absolute Gasteiger partial charge is 0.658 e. The Bertz CT molecular complexity index is 337. The molecule has 0 atom stereocenters. The van der Waals surface area contributed by atoms with Gasteiger partial charge in [0, 0.05) is 0 Å². The molecule has 4 nitrogen and oxygen atoms in total. The topological polar surface area (TPSA) is 74.3 Å². The molecule has 2 saturated carbocycles. The summed E-state index contributed by atoms with van der Waals surface area (Å²) in [5, 5.41) is 11.1. The van der Waals surface area contributed by atoms with Gasteiger partial charge in [-0.2, -0.15) is 15.2 Å². The van der Waals surface area contributed by atoms with Gasteiger partial charge < -0.3 is 9.90 Å². The van der Waals surface area contributed by atoms with E-state index in [1.54, 1.807) is 0 Å². The summed E-state index contributed by atoms with van der Waals surface area (Å²) in [5.41, 5.74) is 0.486. The molecule has 0 spiro atoms. The average molecular weight is 296 g/mol. The van der Waals surface area contributed by atoms with E-state index in [1.807, 2.05) is 0 Å². The van der Waals surface area contributed by atoms with Crippen LogP contribution in [0.2, 0.25) is 0 Å². The predicted octanol–water partition coefficient (Wildman–Crippen LogP) is -4.73. The first-order valence-corrected chi connectivity index (χ1v) is 6.53.